The molecular formula is C16H18N2O3. The first kappa shape index (κ1) is 15.0. The third-order valence-electron chi connectivity index (χ3n) is 3.56. The van der Waals surface area contributed by atoms with Gasteiger partial charge in [0.15, 0.2) is 0 Å². The summed E-state index contributed by atoms with van der Waals surface area (Å²) in [6, 6.07) is 5.46. The molecule has 0 atom stereocenters. The highest BCUT2D eigenvalue weighted by Gasteiger charge is 2.21. The summed E-state index contributed by atoms with van der Waals surface area (Å²) >= 11 is 0. The molecule has 5 nitrogen and oxygen atoms in total. The maximum absolute atomic E-state index is 11.9. The van der Waals surface area contributed by atoms with Crippen molar-refractivity contribution in [1.82, 2.24) is 4.90 Å². The monoisotopic (exact) mass is 286 g/mol. The van der Waals surface area contributed by atoms with Crippen molar-refractivity contribution in [1.29, 1.82) is 5.26 Å². The molecule has 0 aliphatic carbocycles. The van der Waals surface area contributed by atoms with E-state index in [1.54, 1.807) is 30.9 Å². The van der Waals surface area contributed by atoms with Crippen molar-refractivity contribution in [2.24, 2.45) is 0 Å². The van der Waals surface area contributed by atoms with Gasteiger partial charge in [0.1, 0.15) is 5.75 Å². The van der Waals surface area contributed by atoms with E-state index in [1.165, 1.54) is 0 Å². The fourth-order valence-electron chi connectivity index (χ4n) is 2.51. The second-order valence-electron chi connectivity index (χ2n) is 5.26. The van der Waals surface area contributed by atoms with Crippen LogP contribution in [-0.2, 0) is 9.59 Å². The maximum atomic E-state index is 11.9. The molecular weight excluding hydrogens is 268 g/mol. The molecule has 110 valence electrons. The van der Waals surface area contributed by atoms with E-state index in [0.29, 0.717) is 24.3 Å². The van der Waals surface area contributed by atoms with Crippen LogP contribution in [0.2, 0.25) is 0 Å². The first-order valence-electron chi connectivity index (χ1n) is 7.01. The Morgan fingerprint density at radius 3 is 2.57 bits per heavy atom. The summed E-state index contributed by atoms with van der Waals surface area (Å²) in [5.74, 6) is 0.255. The van der Waals surface area contributed by atoms with Gasteiger partial charge in [-0.1, -0.05) is 0 Å². The van der Waals surface area contributed by atoms with E-state index in [0.717, 1.165) is 24.1 Å². The number of rotatable bonds is 4. The second kappa shape index (κ2) is 6.40. The molecule has 1 aliphatic heterocycles. The van der Waals surface area contributed by atoms with E-state index in [-0.39, 0.29) is 18.3 Å². The van der Waals surface area contributed by atoms with Gasteiger partial charge in [-0.3, -0.25) is 9.59 Å². The van der Waals surface area contributed by atoms with Crippen LogP contribution in [0.1, 0.15) is 36.0 Å². The van der Waals surface area contributed by atoms with Gasteiger partial charge in [-0.05, 0) is 43.5 Å². The number of nitrogens with zero attached hydrogens (tertiary/aromatic N) is 2. The Bertz CT molecular complexity index is 593. The third-order valence-corrected chi connectivity index (χ3v) is 3.56. The molecule has 0 radical (unpaired) electrons. The Labute approximate surface area is 124 Å². The molecule has 2 rings (SSSR count). The van der Waals surface area contributed by atoms with Crippen molar-refractivity contribution in [3.05, 3.63) is 28.8 Å². The van der Waals surface area contributed by atoms with Crippen molar-refractivity contribution in [2.45, 2.75) is 33.1 Å². The number of nitriles is 1. The zero-order valence-electron chi connectivity index (χ0n) is 12.3. The lowest BCUT2D eigenvalue weighted by Gasteiger charge is -2.15. The van der Waals surface area contributed by atoms with Crippen LogP contribution in [0.4, 0.5) is 0 Å². The molecule has 0 spiro atoms. The van der Waals surface area contributed by atoms with E-state index in [1.807, 2.05) is 0 Å². The lowest BCUT2D eigenvalue weighted by molar-refractivity contribution is -0.135. The van der Waals surface area contributed by atoms with Crippen molar-refractivity contribution in [3.8, 4) is 11.8 Å². The van der Waals surface area contributed by atoms with Gasteiger partial charge in [0.2, 0.25) is 5.91 Å². The minimum atomic E-state index is -0.356. The smallest absolute Gasteiger partial charge is 0.312 e. The Morgan fingerprint density at radius 2 is 2.05 bits per heavy atom. The molecule has 1 heterocycles. The topological polar surface area (TPSA) is 70.4 Å². The molecule has 1 fully saturated rings. The summed E-state index contributed by atoms with van der Waals surface area (Å²) in [7, 11) is 0. The lowest BCUT2D eigenvalue weighted by atomic mass is 10.1. The number of hydrogen-bond acceptors (Lipinski definition) is 4. The average Bonchev–Trinajstić information content (AvgIpc) is 2.85. The highest BCUT2D eigenvalue weighted by molar-refractivity contribution is 5.79. The average molecular weight is 286 g/mol. The first-order chi connectivity index (χ1) is 10.0. The number of benzene rings is 1. The number of ether oxygens (including phenoxy) is 1. The predicted octanol–water partition coefficient (Wildman–Crippen LogP) is 2.09. The van der Waals surface area contributed by atoms with E-state index >= 15 is 0 Å². The van der Waals surface area contributed by atoms with Gasteiger partial charge in [-0.15, -0.1) is 0 Å². The van der Waals surface area contributed by atoms with E-state index in [4.69, 9.17) is 10.00 Å². The summed E-state index contributed by atoms with van der Waals surface area (Å²) in [6.07, 6.45) is 1.62. The fourth-order valence-corrected chi connectivity index (χ4v) is 2.51. The largest absolute Gasteiger partial charge is 0.426 e. The maximum Gasteiger partial charge on any atom is 0.312 e. The normalized spacial score (nSPS) is 14.1. The molecule has 21 heavy (non-hydrogen) atoms. The van der Waals surface area contributed by atoms with Crippen LogP contribution >= 0.6 is 0 Å². The minimum absolute atomic E-state index is 0.105. The first-order valence-corrected chi connectivity index (χ1v) is 7.01. The van der Waals surface area contributed by atoms with Crippen molar-refractivity contribution in [2.75, 3.05) is 13.1 Å². The third kappa shape index (κ3) is 3.60. The number of carbonyl (C=O) groups excluding carboxylic acids is 2. The Balaban J connectivity index is 1.97. The van der Waals surface area contributed by atoms with Gasteiger partial charge in [0.05, 0.1) is 18.1 Å². The van der Waals surface area contributed by atoms with E-state index in [9.17, 15) is 9.59 Å². The van der Waals surface area contributed by atoms with Crippen LogP contribution < -0.4 is 4.74 Å². The van der Waals surface area contributed by atoms with Gasteiger partial charge in [0.25, 0.3) is 0 Å². The van der Waals surface area contributed by atoms with Crippen LogP contribution in [-0.4, -0.2) is 29.9 Å². The summed E-state index contributed by atoms with van der Waals surface area (Å²) in [5.41, 5.74) is 2.07. The predicted molar refractivity (Wildman–Crippen MR) is 76.7 cm³/mol. The molecule has 1 saturated heterocycles. The molecule has 0 aromatic heterocycles. The van der Waals surface area contributed by atoms with Crippen LogP contribution in [0.25, 0.3) is 0 Å². The van der Waals surface area contributed by atoms with Crippen LogP contribution in [0.3, 0.4) is 0 Å². The highest BCUT2D eigenvalue weighted by atomic mass is 16.5. The zero-order valence-corrected chi connectivity index (χ0v) is 12.3. The number of hydrogen-bond donors (Lipinski definition) is 0. The van der Waals surface area contributed by atoms with Crippen LogP contribution in [0.5, 0.6) is 5.75 Å². The Hall–Kier alpha value is -2.35. The standard InChI is InChI=1S/C16H18N2O3/c1-11-8-13(10-17)9-12(2)16(11)21-15(20)5-7-18-6-3-4-14(18)19/h8-9H,3-7H2,1-2H3. The van der Waals surface area contributed by atoms with Gasteiger partial charge in [-0.2, -0.15) is 5.26 Å². The minimum Gasteiger partial charge on any atom is -0.426 e. The summed E-state index contributed by atoms with van der Waals surface area (Å²) in [6.45, 7) is 4.74. The van der Waals surface area contributed by atoms with Gasteiger partial charge < -0.3 is 9.64 Å². The summed E-state index contributed by atoms with van der Waals surface area (Å²) in [5, 5.41) is 8.89. The molecule has 0 unspecified atom stereocenters. The lowest BCUT2D eigenvalue weighted by Crippen LogP contribution is -2.28. The number of aryl methyl sites for hydroxylation is 2. The number of carbonyl (C=O) groups is 2. The Kier molecular flexibility index (Phi) is 4.59. The van der Waals surface area contributed by atoms with E-state index < -0.39 is 0 Å². The van der Waals surface area contributed by atoms with Gasteiger partial charge in [-0.25, -0.2) is 0 Å². The number of esters is 1. The Morgan fingerprint density at radius 1 is 1.38 bits per heavy atom. The molecule has 1 aromatic carbocycles. The van der Waals surface area contributed by atoms with Crippen molar-refractivity contribution < 1.29 is 14.3 Å². The summed E-state index contributed by atoms with van der Waals surface area (Å²) in [4.78, 5) is 25.1. The van der Waals surface area contributed by atoms with Crippen molar-refractivity contribution >= 4 is 11.9 Å². The molecule has 1 aromatic rings. The molecule has 0 bridgehead atoms. The highest BCUT2D eigenvalue weighted by Crippen LogP contribution is 2.25. The molecule has 5 heteroatoms. The molecule has 0 N–H and O–H groups in total. The zero-order chi connectivity index (χ0) is 15.4. The second-order valence-corrected chi connectivity index (χ2v) is 5.26. The fraction of sp³-hybridized carbons (Fsp3) is 0.438. The van der Waals surface area contributed by atoms with Crippen LogP contribution in [0, 0.1) is 25.2 Å². The molecule has 0 saturated carbocycles. The quantitative estimate of drug-likeness (QED) is 0.627. The van der Waals surface area contributed by atoms with Gasteiger partial charge in [0, 0.05) is 19.5 Å². The van der Waals surface area contributed by atoms with Crippen molar-refractivity contribution in [3.63, 3.8) is 0 Å². The molecule has 1 aliphatic rings. The molecule has 1 amide bonds. The number of likely N-dealkylation sites (tertiary alicyclic amines) is 1. The number of amides is 1. The van der Waals surface area contributed by atoms with Crippen LogP contribution in [0.15, 0.2) is 12.1 Å². The van der Waals surface area contributed by atoms with E-state index in [2.05, 4.69) is 6.07 Å². The SMILES string of the molecule is Cc1cc(C#N)cc(C)c1OC(=O)CCN1CCCC1=O. The summed E-state index contributed by atoms with van der Waals surface area (Å²) < 4.78 is 5.38. The van der Waals surface area contributed by atoms with Gasteiger partial charge >= 0.3 is 5.97 Å².